The van der Waals surface area contributed by atoms with E-state index in [0.29, 0.717) is 17.3 Å². The van der Waals surface area contributed by atoms with Crippen molar-refractivity contribution in [3.63, 3.8) is 0 Å². The molecule has 0 unspecified atom stereocenters. The third-order valence-electron chi connectivity index (χ3n) is 2.32. The highest BCUT2D eigenvalue weighted by molar-refractivity contribution is 7.98. The summed E-state index contributed by atoms with van der Waals surface area (Å²) in [6, 6.07) is 7.79. The molecule has 5 nitrogen and oxygen atoms in total. The normalized spacial score (nSPS) is 10.2. The molecule has 0 fully saturated rings. The smallest absolute Gasteiger partial charge is 0.294 e. The number of carbonyl (C=O) groups excluding carboxylic acids is 1. The van der Waals surface area contributed by atoms with E-state index in [1.807, 2.05) is 30.5 Å². The first-order chi connectivity index (χ1) is 9.24. The van der Waals surface area contributed by atoms with Crippen molar-refractivity contribution in [3.05, 3.63) is 40.3 Å². The second-order valence-electron chi connectivity index (χ2n) is 3.56. The van der Waals surface area contributed by atoms with E-state index in [-0.39, 0.29) is 5.91 Å². The van der Waals surface area contributed by atoms with Gasteiger partial charge in [-0.25, -0.2) is 10.8 Å². The van der Waals surface area contributed by atoms with E-state index in [1.165, 1.54) is 11.3 Å². The van der Waals surface area contributed by atoms with E-state index in [1.54, 1.807) is 17.1 Å². The van der Waals surface area contributed by atoms with Crippen LogP contribution in [0.5, 0.6) is 5.75 Å². The number of benzene rings is 1. The third kappa shape index (κ3) is 3.46. The van der Waals surface area contributed by atoms with Gasteiger partial charge < -0.3 is 4.74 Å². The molecule has 0 aliphatic carbocycles. The summed E-state index contributed by atoms with van der Waals surface area (Å²) in [5.74, 6) is 5.47. The Balaban J connectivity index is 2.02. The molecule has 0 saturated heterocycles. The van der Waals surface area contributed by atoms with Crippen molar-refractivity contribution in [1.82, 2.24) is 10.4 Å². The Hall–Kier alpha value is -1.57. The molecule has 0 bridgehead atoms. The van der Waals surface area contributed by atoms with E-state index in [9.17, 15) is 4.79 Å². The molecule has 1 amide bonds. The monoisotopic (exact) mass is 295 g/mol. The summed E-state index contributed by atoms with van der Waals surface area (Å²) >= 11 is 2.86. The van der Waals surface area contributed by atoms with Gasteiger partial charge in [0.1, 0.15) is 12.4 Å². The molecule has 19 heavy (non-hydrogen) atoms. The fourth-order valence-corrected chi connectivity index (χ4v) is 2.68. The van der Waals surface area contributed by atoms with Gasteiger partial charge in [-0.1, -0.05) is 12.1 Å². The molecule has 1 aromatic carbocycles. The summed E-state index contributed by atoms with van der Waals surface area (Å²) in [5, 5.41) is 2.12. The zero-order chi connectivity index (χ0) is 13.7. The molecule has 0 radical (unpaired) electrons. The predicted octanol–water partition coefficient (Wildman–Crippen LogP) is 2.05. The van der Waals surface area contributed by atoms with Crippen molar-refractivity contribution in [2.24, 2.45) is 5.84 Å². The molecular formula is C12H13N3O2S2. The fraction of sp³-hybridized carbons (Fsp3) is 0.167. The lowest BCUT2D eigenvalue weighted by molar-refractivity contribution is 0.0953. The lowest BCUT2D eigenvalue weighted by Crippen LogP contribution is -2.29. The second-order valence-corrected chi connectivity index (χ2v) is 5.26. The van der Waals surface area contributed by atoms with E-state index in [0.717, 1.165) is 10.6 Å². The molecule has 1 heterocycles. The summed E-state index contributed by atoms with van der Waals surface area (Å²) in [5.41, 5.74) is 2.76. The van der Waals surface area contributed by atoms with Crippen LogP contribution in [0, 0.1) is 0 Å². The van der Waals surface area contributed by atoms with Crippen LogP contribution in [0.2, 0.25) is 0 Å². The summed E-state index contributed by atoms with van der Waals surface area (Å²) < 4.78 is 5.70. The van der Waals surface area contributed by atoms with Gasteiger partial charge in [0.05, 0.1) is 5.69 Å². The van der Waals surface area contributed by atoms with Gasteiger partial charge in [-0.3, -0.25) is 10.2 Å². The number of thioether (sulfide) groups is 1. The van der Waals surface area contributed by atoms with Crippen LogP contribution in [0.3, 0.4) is 0 Å². The van der Waals surface area contributed by atoms with E-state index in [2.05, 4.69) is 10.4 Å². The van der Waals surface area contributed by atoms with Gasteiger partial charge in [0.15, 0.2) is 5.01 Å². The molecule has 0 aliphatic rings. The lowest BCUT2D eigenvalue weighted by atomic mass is 10.3. The Labute approximate surface area is 119 Å². The highest BCUT2D eigenvalue weighted by Crippen LogP contribution is 2.27. The number of nitrogens with two attached hydrogens (primary N) is 1. The Kier molecular flexibility index (Phi) is 4.78. The lowest BCUT2D eigenvalue weighted by Gasteiger charge is -2.08. The number of hydrazine groups is 1. The van der Waals surface area contributed by atoms with Crippen molar-refractivity contribution in [3.8, 4) is 5.75 Å². The zero-order valence-corrected chi connectivity index (χ0v) is 11.9. The van der Waals surface area contributed by atoms with Gasteiger partial charge >= 0.3 is 0 Å². The van der Waals surface area contributed by atoms with Crippen LogP contribution in [-0.2, 0) is 6.61 Å². The minimum atomic E-state index is -0.388. The number of hydrogen-bond acceptors (Lipinski definition) is 6. The molecule has 0 aliphatic heterocycles. The Morgan fingerprint density at radius 2 is 2.32 bits per heavy atom. The first kappa shape index (κ1) is 13.9. The molecular weight excluding hydrogens is 282 g/mol. The number of nitrogens with one attached hydrogen (secondary N) is 1. The molecule has 0 saturated carbocycles. The van der Waals surface area contributed by atoms with E-state index < -0.39 is 0 Å². The second kappa shape index (κ2) is 6.55. The van der Waals surface area contributed by atoms with Crippen LogP contribution in [0.15, 0.2) is 34.5 Å². The van der Waals surface area contributed by atoms with Gasteiger partial charge in [0.2, 0.25) is 0 Å². The summed E-state index contributed by atoms with van der Waals surface area (Å²) in [6.45, 7) is 0.325. The summed E-state index contributed by atoms with van der Waals surface area (Å²) in [6.07, 6.45) is 1.99. The largest absolute Gasteiger partial charge is 0.486 e. The summed E-state index contributed by atoms with van der Waals surface area (Å²) in [4.78, 5) is 16.5. The maximum Gasteiger partial charge on any atom is 0.294 e. The number of amides is 1. The SMILES string of the molecule is CSc1ccccc1OCc1csc(C(=O)NN)n1. The first-order valence-electron chi connectivity index (χ1n) is 5.45. The number of ether oxygens (including phenoxy) is 1. The topological polar surface area (TPSA) is 77.2 Å². The van der Waals surface area contributed by atoms with Crippen molar-refractivity contribution >= 4 is 29.0 Å². The molecule has 7 heteroatoms. The predicted molar refractivity (Wildman–Crippen MR) is 76.3 cm³/mol. The standard InChI is InChI=1S/C12H13N3O2S2/c1-18-10-5-3-2-4-9(10)17-6-8-7-19-12(14-8)11(16)15-13/h2-5,7H,6,13H2,1H3,(H,15,16). The van der Waals surface area contributed by atoms with Crippen LogP contribution >= 0.6 is 23.1 Å². The van der Waals surface area contributed by atoms with Crippen molar-refractivity contribution in [2.75, 3.05) is 6.26 Å². The van der Waals surface area contributed by atoms with Crippen LogP contribution in [0.1, 0.15) is 15.5 Å². The number of para-hydroxylation sites is 1. The average Bonchev–Trinajstić information content (AvgIpc) is 2.93. The van der Waals surface area contributed by atoms with E-state index >= 15 is 0 Å². The van der Waals surface area contributed by atoms with Crippen LogP contribution in [-0.4, -0.2) is 17.1 Å². The van der Waals surface area contributed by atoms with E-state index in [4.69, 9.17) is 10.6 Å². The van der Waals surface area contributed by atoms with Gasteiger partial charge in [-0.05, 0) is 18.4 Å². The maximum atomic E-state index is 11.3. The van der Waals surface area contributed by atoms with Crippen molar-refractivity contribution in [1.29, 1.82) is 0 Å². The number of nitrogen functional groups attached to an aromatic ring is 1. The molecule has 1 aromatic heterocycles. The van der Waals surface area contributed by atoms with Gasteiger partial charge in [0.25, 0.3) is 5.91 Å². The van der Waals surface area contributed by atoms with Gasteiger partial charge in [-0.15, -0.1) is 23.1 Å². The third-order valence-corrected chi connectivity index (χ3v) is 3.99. The highest BCUT2D eigenvalue weighted by atomic mass is 32.2. The number of aromatic nitrogens is 1. The van der Waals surface area contributed by atoms with Crippen molar-refractivity contribution < 1.29 is 9.53 Å². The maximum absolute atomic E-state index is 11.3. The van der Waals surface area contributed by atoms with Crippen LogP contribution < -0.4 is 16.0 Å². The Morgan fingerprint density at radius 3 is 3.05 bits per heavy atom. The van der Waals surface area contributed by atoms with Crippen molar-refractivity contribution in [2.45, 2.75) is 11.5 Å². The number of carbonyl (C=O) groups is 1. The molecule has 100 valence electrons. The number of hydrogen-bond donors (Lipinski definition) is 2. The molecule has 0 atom stereocenters. The quantitative estimate of drug-likeness (QED) is 0.382. The highest BCUT2D eigenvalue weighted by Gasteiger charge is 2.10. The number of nitrogens with zero attached hydrogens (tertiary/aromatic N) is 1. The first-order valence-corrected chi connectivity index (χ1v) is 7.56. The van der Waals surface area contributed by atoms with Crippen LogP contribution in [0.25, 0.3) is 0 Å². The molecule has 0 spiro atoms. The average molecular weight is 295 g/mol. The number of thiazole rings is 1. The Morgan fingerprint density at radius 1 is 1.53 bits per heavy atom. The minimum absolute atomic E-state index is 0.325. The number of rotatable bonds is 5. The fourth-order valence-electron chi connectivity index (χ4n) is 1.43. The zero-order valence-electron chi connectivity index (χ0n) is 10.3. The van der Waals surface area contributed by atoms with Crippen LogP contribution in [0.4, 0.5) is 0 Å². The minimum Gasteiger partial charge on any atom is -0.486 e. The van der Waals surface area contributed by atoms with Gasteiger partial charge in [0, 0.05) is 10.3 Å². The molecule has 2 aromatic rings. The summed E-state index contributed by atoms with van der Waals surface area (Å²) in [7, 11) is 0. The Bertz CT molecular complexity index is 572. The van der Waals surface area contributed by atoms with Gasteiger partial charge in [-0.2, -0.15) is 0 Å². The molecule has 2 rings (SSSR count). The molecule has 3 N–H and O–H groups in total.